The first-order valence-corrected chi connectivity index (χ1v) is 6.93. The molecule has 0 aliphatic rings. The summed E-state index contributed by atoms with van der Waals surface area (Å²) < 4.78 is 0. The predicted octanol–water partition coefficient (Wildman–Crippen LogP) is 3.94. The minimum Gasteiger partial charge on any atom is -0.369 e. The van der Waals surface area contributed by atoms with Gasteiger partial charge in [0.15, 0.2) is 0 Å². The average Bonchev–Trinajstić information content (AvgIpc) is 2.20. The van der Waals surface area contributed by atoms with Gasteiger partial charge in [-0.3, -0.25) is 0 Å². The maximum absolute atomic E-state index is 5.96. The van der Waals surface area contributed by atoms with Crippen molar-refractivity contribution in [3.8, 4) is 0 Å². The van der Waals surface area contributed by atoms with Gasteiger partial charge in [-0.05, 0) is 30.9 Å². The molecular formula is C10H14Cl2N2S. The van der Waals surface area contributed by atoms with E-state index in [0.717, 1.165) is 13.0 Å². The molecule has 0 saturated carbocycles. The van der Waals surface area contributed by atoms with Crippen LogP contribution in [0.2, 0.25) is 10.0 Å². The van der Waals surface area contributed by atoms with Crippen molar-refractivity contribution in [1.29, 1.82) is 0 Å². The summed E-state index contributed by atoms with van der Waals surface area (Å²) in [5.41, 5.74) is 0. The maximum Gasteiger partial charge on any atom is 0.144 e. The Kier molecular flexibility index (Phi) is 6.22. The fourth-order valence-corrected chi connectivity index (χ4v) is 2.06. The zero-order valence-electron chi connectivity index (χ0n) is 8.59. The second kappa shape index (κ2) is 7.20. The van der Waals surface area contributed by atoms with Gasteiger partial charge < -0.3 is 5.32 Å². The Bertz CT molecular complexity index is 307. The molecular weight excluding hydrogens is 251 g/mol. The number of hydrogen-bond donors (Lipinski definition) is 1. The minimum atomic E-state index is 0.563. The van der Waals surface area contributed by atoms with E-state index in [2.05, 4.69) is 16.6 Å². The second-order valence-electron chi connectivity index (χ2n) is 3.11. The molecule has 0 saturated heterocycles. The Balaban J connectivity index is 2.31. The van der Waals surface area contributed by atoms with Crippen LogP contribution >= 0.6 is 35.0 Å². The maximum atomic E-state index is 5.96. The molecule has 1 aromatic heterocycles. The van der Waals surface area contributed by atoms with E-state index < -0.39 is 0 Å². The summed E-state index contributed by atoms with van der Waals surface area (Å²) in [6.07, 6.45) is 6.05. The van der Waals surface area contributed by atoms with E-state index in [0.29, 0.717) is 15.9 Å². The van der Waals surface area contributed by atoms with E-state index in [4.69, 9.17) is 23.2 Å². The summed E-state index contributed by atoms with van der Waals surface area (Å²) in [6.45, 7) is 0.898. The van der Waals surface area contributed by atoms with Crippen LogP contribution in [0.15, 0.2) is 12.3 Å². The summed E-state index contributed by atoms with van der Waals surface area (Å²) in [5, 5.41) is 4.33. The Labute approximate surface area is 105 Å². The number of thioether (sulfide) groups is 1. The molecule has 0 unspecified atom stereocenters. The van der Waals surface area contributed by atoms with Gasteiger partial charge in [-0.2, -0.15) is 11.8 Å². The Morgan fingerprint density at radius 3 is 2.87 bits per heavy atom. The molecule has 0 bridgehead atoms. The van der Waals surface area contributed by atoms with Crippen LogP contribution in [-0.4, -0.2) is 23.5 Å². The van der Waals surface area contributed by atoms with E-state index in [9.17, 15) is 0 Å². The molecule has 0 radical (unpaired) electrons. The fraction of sp³-hybridized carbons (Fsp3) is 0.500. The third kappa shape index (κ3) is 4.96. The van der Waals surface area contributed by atoms with Gasteiger partial charge in [-0.1, -0.05) is 23.2 Å². The number of hydrogen-bond acceptors (Lipinski definition) is 3. The molecule has 1 heterocycles. The van der Waals surface area contributed by atoms with Crippen molar-refractivity contribution in [1.82, 2.24) is 4.98 Å². The molecule has 5 heteroatoms. The van der Waals surface area contributed by atoms with E-state index in [1.807, 2.05) is 11.8 Å². The third-order valence-electron chi connectivity index (χ3n) is 1.88. The van der Waals surface area contributed by atoms with Crippen LogP contribution in [0.5, 0.6) is 0 Å². The lowest BCUT2D eigenvalue weighted by atomic mass is 10.3. The van der Waals surface area contributed by atoms with Crippen molar-refractivity contribution < 1.29 is 0 Å². The van der Waals surface area contributed by atoms with Gasteiger partial charge >= 0.3 is 0 Å². The highest BCUT2D eigenvalue weighted by molar-refractivity contribution is 7.98. The number of nitrogens with zero attached hydrogens (tertiary/aromatic N) is 1. The van der Waals surface area contributed by atoms with Crippen molar-refractivity contribution >= 4 is 40.8 Å². The number of aromatic nitrogens is 1. The number of rotatable bonds is 6. The molecule has 15 heavy (non-hydrogen) atoms. The van der Waals surface area contributed by atoms with E-state index in [1.165, 1.54) is 12.2 Å². The SMILES string of the molecule is CSCCCCNc1ncc(Cl)cc1Cl. The van der Waals surface area contributed by atoms with Crippen LogP contribution in [0, 0.1) is 0 Å². The van der Waals surface area contributed by atoms with Gasteiger partial charge in [-0.15, -0.1) is 0 Å². The van der Waals surface area contributed by atoms with Crippen LogP contribution in [0.3, 0.4) is 0 Å². The van der Waals surface area contributed by atoms with Crippen LogP contribution in [0.25, 0.3) is 0 Å². The molecule has 0 spiro atoms. The topological polar surface area (TPSA) is 24.9 Å². The molecule has 0 aliphatic heterocycles. The normalized spacial score (nSPS) is 10.3. The smallest absolute Gasteiger partial charge is 0.144 e. The molecule has 0 fully saturated rings. The van der Waals surface area contributed by atoms with Crippen molar-refractivity contribution in [3.05, 3.63) is 22.3 Å². The van der Waals surface area contributed by atoms with Crippen LogP contribution in [0.4, 0.5) is 5.82 Å². The monoisotopic (exact) mass is 264 g/mol. The summed E-state index contributed by atoms with van der Waals surface area (Å²) in [4.78, 5) is 4.12. The van der Waals surface area contributed by atoms with Crippen LogP contribution < -0.4 is 5.32 Å². The molecule has 0 aliphatic carbocycles. The molecule has 84 valence electrons. The van der Waals surface area contributed by atoms with Crippen molar-refractivity contribution in [3.63, 3.8) is 0 Å². The van der Waals surface area contributed by atoms with Crippen LogP contribution in [-0.2, 0) is 0 Å². The number of halogens is 2. The number of anilines is 1. The summed E-state index contributed by atoms with van der Waals surface area (Å²) in [6, 6.07) is 1.69. The zero-order chi connectivity index (χ0) is 11.1. The first kappa shape index (κ1) is 12.9. The highest BCUT2D eigenvalue weighted by Gasteiger charge is 2.01. The average molecular weight is 265 g/mol. The summed E-state index contributed by atoms with van der Waals surface area (Å²) in [5.74, 6) is 1.91. The van der Waals surface area contributed by atoms with E-state index in [1.54, 1.807) is 12.3 Å². The Morgan fingerprint density at radius 1 is 1.40 bits per heavy atom. The highest BCUT2D eigenvalue weighted by Crippen LogP contribution is 2.22. The first-order valence-electron chi connectivity index (χ1n) is 4.78. The standard InChI is InChI=1S/C10H14Cl2N2S/c1-15-5-3-2-4-13-10-9(12)6-8(11)7-14-10/h6-7H,2-5H2,1H3,(H,13,14). The fourth-order valence-electron chi connectivity index (χ4n) is 1.12. The van der Waals surface area contributed by atoms with Gasteiger partial charge in [0.2, 0.25) is 0 Å². The molecule has 1 aromatic rings. The molecule has 0 aromatic carbocycles. The van der Waals surface area contributed by atoms with Gasteiger partial charge in [0.25, 0.3) is 0 Å². The van der Waals surface area contributed by atoms with E-state index >= 15 is 0 Å². The Hall–Kier alpha value is -0.120. The largest absolute Gasteiger partial charge is 0.369 e. The molecule has 0 amide bonds. The third-order valence-corrected chi connectivity index (χ3v) is 3.07. The lowest BCUT2D eigenvalue weighted by Crippen LogP contribution is -2.04. The highest BCUT2D eigenvalue weighted by atomic mass is 35.5. The van der Waals surface area contributed by atoms with Crippen molar-refractivity contribution in [2.45, 2.75) is 12.8 Å². The van der Waals surface area contributed by atoms with Gasteiger partial charge in [0.05, 0.1) is 10.0 Å². The summed E-state index contributed by atoms with van der Waals surface area (Å²) >= 11 is 13.6. The molecule has 2 nitrogen and oxygen atoms in total. The Morgan fingerprint density at radius 2 is 2.20 bits per heavy atom. The number of pyridine rings is 1. The molecule has 1 rings (SSSR count). The first-order chi connectivity index (χ1) is 7.24. The van der Waals surface area contributed by atoms with E-state index in [-0.39, 0.29) is 0 Å². The van der Waals surface area contributed by atoms with Gasteiger partial charge in [0, 0.05) is 12.7 Å². The van der Waals surface area contributed by atoms with Gasteiger partial charge in [0.1, 0.15) is 5.82 Å². The quantitative estimate of drug-likeness (QED) is 0.788. The lowest BCUT2D eigenvalue weighted by Gasteiger charge is -2.06. The lowest BCUT2D eigenvalue weighted by molar-refractivity contribution is 0.840. The number of unbranched alkanes of at least 4 members (excludes halogenated alkanes) is 1. The van der Waals surface area contributed by atoms with Crippen molar-refractivity contribution in [2.75, 3.05) is 23.9 Å². The van der Waals surface area contributed by atoms with Crippen LogP contribution in [0.1, 0.15) is 12.8 Å². The summed E-state index contributed by atoms with van der Waals surface area (Å²) in [7, 11) is 0. The zero-order valence-corrected chi connectivity index (χ0v) is 10.9. The molecule has 0 atom stereocenters. The van der Waals surface area contributed by atoms with Crippen molar-refractivity contribution in [2.24, 2.45) is 0 Å². The molecule has 1 N–H and O–H groups in total. The number of nitrogens with one attached hydrogen (secondary N) is 1. The van der Waals surface area contributed by atoms with Gasteiger partial charge in [-0.25, -0.2) is 4.98 Å². The minimum absolute atomic E-state index is 0.563. The predicted molar refractivity (Wildman–Crippen MR) is 70.4 cm³/mol. The second-order valence-corrected chi connectivity index (χ2v) is 4.94.